The first-order valence-corrected chi connectivity index (χ1v) is 10.6. The number of benzene rings is 1. The van der Waals surface area contributed by atoms with Crippen LogP contribution in [0.25, 0.3) is 0 Å². The number of thiophene rings is 1. The van der Waals surface area contributed by atoms with Crippen LogP contribution in [0, 0.1) is 6.92 Å². The van der Waals surface area contributed by atoms with Crippen LogP contribution in [0.1, 0.15) is 28.3 Å². The Morgan fingerprint density at radius 2 is 2.17 bits per heavy atom. The molecule has 0 spiro atoms. The second-order valence-corrected chi connectivity index (χ2v) is 8.60. The quantitative estimate of drug-likeness (QED) is 0.652. The lowest BCUT2D eigenvalue weighted by molar-refractivity contribution is -0.126. The van der Waals surface area contributed by atoms with E-state index >= 15 is 0 Å². The molecule has 0 unspecified atom stereocenters. The van der Waals surface area contributed by atoms with E-state index in [1.54, 1.807) is 11.3 Å². The van der Waals surface area contributed by atoms with Crippen molar-refractivity contribution in [2.75, 3.05) is 13.1 Å². The maximum absolute atomic E-state index is 12.8. The Morgan fingerprint density at radius 3 is 2.83 bits per heavy atom. The second-order valence-electron chi connectivity index (χ2n) is 7.57. The predicted octanol–water partition coefficient (Wildman–Crippen LogP) is 2.87. The molecule has 1 aromatic carbocycles. The third kappa shape index (κ3) is 4.42. The zero-order valence-corrected chi connectivity index (χ0v) is 17.2. The predicted molar refractivity (Wildman–Crippen MR) is 111 cm³/mol. The molecule has 29 heavy (non-hydrogen) atoms. The third-order valence-corrected chi connectivity index (χ3v) is 6.33. The van der Waals surface area contributed by atoms with Crippen molar-refractivity contribution in [1.82, 2.24) is 15.4 Å². The first kappa shape index (κ1) is 19.8. The molecule has 1 fully saturated rings. The highest BCUT2D eigenvalue weighted by Crippen LogP contribution is 2.34. The first-order chi connectivity index (χ1) is 14.0. The molecule has 1 saturated heterocycles. The van der Waals surface area contributed by atoms with Gasteiger partial charge in [-0.1, -0.05) is 41.6 Å². The maximum Gasteiger partial charge on any atom is 0.226 e. The van der Waals surface area contributed by atoms with Crippen LogP contribution in [0.4, 0.5) is 0 Å². The fourth-order valence-electron chi connectivity index (χ4n) is 4.01. The van der Waals surface area contributed by atoms with Gasteiger partial charge in [0, 0.05) is 30.6 Å². The largest absolute Gasteiger partial charge is 0.389 e. The Labute approximate surface area is 174 Å². The van der Waals surface area contributed by atoms with E-state index in [0.29, 0.717) is 25.9 Å². The van der Waals surface area contributed by atoms with E-state index in [1.165, 1.54) is 0 Å². The van der Waals surface area contributed by atoms with Gasteiger partial charge in [0.2, 0.25) is 5.91 Å². The van der Waals surface area contributed by atoms with E-state index in [9.17, 15) is 9.90 Å². The fourth-order valence-corrected chi connectivity index (χ4v) is 4.72. The molecule has 0 bridgehead atoms. The molecule has 1 amide bonds. The van der Waals surface area contributed by atoms with Gasteiger partial charge < -0.3 is 14.9 Å². The molecule has 2 atom stereocenters. The summed E-state index contributed by atoms with van der Waals surface area (Å²) in [5.41, 5.74) is 0.985. The van der Waals surface area contributed by atoms with Gasteiger partial charge in [0.1, 0.15) is 5.76 Å². The van der Waals surface area contributed by atoms with Crippen LogP contribution >= 0.6 is 11.3 Å². The fraction of sp³-hybridized carbons (Fsp3) is 0.364. The Bertz CT molecular complexity index is 941. The molecule has 2 aromatic heterocycles. The van der Waals surface area contributed by atoms with Crippen LogP contribution in [0.3, 0.4) is 0 Å². The Hall–Kier alpha value is -2.48. The number of nitrogens with zero attached hydrogens (tertiary/aromatic N) is 2. The molecule has 152 valence electrons. The van der Waals surface area contributed by atoms with Crippen LogP contribution in [-0.4, -0.2) is 40.3 Å². The lowest BCUT2D eigenvalue weighted by atomic mass is 9.78. The van der Waals surface area contributed by atoms with Crippen LogP contribution < -0.4 is 5.32 Å². The summed E-state index contributed by atoms with van der Waals surface area (Å²) in [5, 5.41) is 20.4. The lowest BCUT2D eigenvalue weighted by Gasteiger charge is -2.46. The molecule has 1 aliphatic heterocycles. The van der Waals surface area contributed by atoms with E-state index < -0.39 is 11.6 Å². The number of nitrogens with one attached hydrogen (secondary N) is 1. The topological polar surface area (TPSA) is 78.6 Å². The van der Waals surface area contributed by atoms with Crippen molar-refractivity contribution in [1.29, 1.82) is 0 Å². The Morgan fingerprint density at radius 1 is 1.34 bits per heavy atom. The molecule has 3 aromatic rings. The van der Waals surface area contributed by atoms with E-state index in [1.807, 2.05) is 60.8 Å². The van der Waals surface area contributed by atoms with Crippen molar-refractivity contribution in [3.63, 3.8) is 0 Å². The SMILES string of the molecule is Cc1cc(CN2CC[C@](NC(=O)Cc3cccs3)(c3ccccc3)[C@H](O)C2)no1. The average Bonchev–Trinajstić information content (AvgIpc) is 3.36. The summed E-state index contributed by atoms with van der Waals surface area (Å²) >= 11 is 1.57. The number of aliphatic hydroxyl groups excluding tert-OH is 1. The molecule has 0 radical (unpaired) electrons. The van der Waals surface area contributed by atoms with Gasteiger partial charge >= 0.3 is 0 Å². The van der Waals surface area contributed by atoms with Gasteiger partial charge in [-0.2, -0.15) is 0 Å². The van der Waals surface area contributed by atoms with Crippen molar-refractivity contribution in [2.45, 2.75) is 38.0 Å². The molecule has 4 rings (SSSR count). The molecule has 7 heteroatoms. The molecule has 6 nitrogen and oxygen atoms in total. The molecule has 0 aliphatic carbocycles. The van der Waals surface area contributed by atoms with Crippen molar-refractivity contribution < 1.29 is 14.4 Å². The van der Waals surface area contributed by atoms with Gasteiger partial charge in [-0.25, -0.2) is 0 Å². The van der Waals surface area contributed by atoms with E-state index in [4.69, 9.17) is 4.52 Å². The molecule has 0 saturated carbocycles. The highest BCUT2D eigenvalue weighted by Gasteiger charge is 2.44. The summed E-state index contributed by atoms with van der Waals surface area (Å²) in [6.07, 6.45) is 0.200. The van der Waals surface area contributed by atoms with Crippen molar-refractivity contribution >= 4 is 17.2 Å². The third-order valence-electron chi connectivity index (χ3n) is 5.45. The van der Waals surface area contributed by atoms with Crippen molar-refractivity contribution in [3.8, 4) is 0 Å². The van der Waals surface area contributed by atoms with Gasteiger partial charge in [0.15, 0.2) is 0 Å². The zero-order valence-electron chi connectivity index (χ0n) is 16.4. The van der Waals surface area contributed by atoms with Gasteiger partial charge in [-0.15, -0.1) is 11.3 Å². The summed E-state index contributed by atoms with van der Waals surface area (Å²) in [7, 11) is 0. The smallest absolute Gasteiger partial charge is 0.226 e. The number of amides is 1. The van der Waals surface area contributed by atoms with Gasteiger partial charge in [0.05, 0.1) is 23.8 Å². The van der Waals surface area contributed by atoms with Gasteiger partial charge in [-0.3, -0.25) is 9.69 Å². The number of rotatable bonds is 6. The summed E-state index contributed by atoms with van der Waals surface area (Å²) in [6, 6.07) is 15.6. The number of aromatic nitrogens is 1. The number of β-amino-alcohol motifs (C(OH)–C–C–N with tert-alkyl or cyclic N) is 1. The van der Waals surface area contributed by atoms with Gasteiger partial charge in [-0.05, 0) is 30.4 Å². The van der Waals surface area contributed by atoms with Crippen molar-refractivity contribution in [3.05, 3.63) is 75.8 Å². The van der Waals surface area contributed by atoms with Gasteiger partial charge in [0.25, 0.3) is 0 Å². The second kappa shape index (κ2) is 8.49. The number of aliphatic hydroxyl groups is 1. The first-order valence-electron chi connectivity index (χ1n) is 9.77. The number of carbonyl (C=O) groups is 1. The number of hydrogen-bond donors (Lipinski definition) is 2. The molecular weight excluding hydrogens is 386 g/mol. The maximum atomic E-state index is 12.8. The monoisotopic (exact) mass is 411 g/mol. The van der Waals surface area contributed by atoms with E-state index in [-0.39, 0.29) is 5.91 Å². The Kier molecular flexibility index (Phi) is 5.80. The minimum absolute atomic E-state index is 0.0732. The van der Waals surface area contributed by atoms with E-state index in [2.05, 4.69) is 15.4 Å². The molecule has 1 aliphatic rings. The number of piperidine rings is 1. The normalized spacial score (nSPS) is 22.5. The molecule has 2 N–H and O–H groups in total. The number of hydrogen-bond acceptors (Lipinski definition) is 6. The Balaban J connectivity index is 1.52. The van der Waals surface area contributed by atoms with Crippen LogP contribution in [0.2, 0.25) is 0 Å². The highest BCUT2D eigenvalue weighted by atomic mass is 32.1. The van der Waals surface area contributed by atoms with Crippen LogP contribution in [-0.2, 0) is 23.3 Å². The number of carbonyl (C=O) groups excluding carboxylic acids is 1. The average molecular weight is 412 g/mol. The van der Waals surface area contributed by atoms with Crippen LogP contribution in [0.5, 0.6) is 0 Å². The highest BCUT2D eigenvalue weighted by molar-refractivity contribution is 7.10. The zero-order chi connectivity index (χ0) is 20.3. The minimum atomic E-state index is -0.800. The summed E-state index contributed by atoms with van der Waals surface area (Å²) in [4.78, 5) is 16.0. The lowest BCUT2D eigenvalue weighted by Crippen LogP contribution is -2.62. The van der Waals surface area contributed by atoms with E-state index in [0.717, 1.165) is 28.4 Å². The number of aryl methyl sites for hydroxylation is 1. The summed E-state index contributed by atoms with van der Waals surface area (Å²) in [5.74, 6) is 0.702. The summed E-state index contributed by atoms with van der Waals surface area (Å²) < 4.78 is 5.15. The molecular formula is C22H25N3O3S. The van der Waals surface area contributed by atoms with Crippen molar-refractivity contribution in [2.24, 2.45) is 0 Å². The number of likely N-dealkylation sites (tertiary alicyclic amines) is 1. The minimum Gasteiger partial charge on any atom is -0.389 e. The molecule has 3 heterocycles. The summed E-state index contributed by atoms with van der Waals surface area (Å²) in [6.45, 7) is 3.66. The standard InChI is InChI=1S/C22H25N3O3S/c1-16-12-18(24-28-16)14-25-10-9-22(20(26)15-25,17-6-3-2-4-7-17)23-21(27)13-19-8-5-11-29-19/h2-8,11-12,20,26H,9-10,13-15H2,1H3,(H,23,27)/t20-,22+/m1/s1. The van der Waals surface area contributed by atoms with Crippen LogP contribution in [0.15, 0.2) is 58.4 Å².